The van der Waals surface area contributed by atoms with Crippen molar-refractivity contribution in [1.29, 1.82) is 0 Å². The van der Waals surface area contributed by atoms with E-state index in [2.05, 4.69) is 18.2 Å². The van der Waals surface area contributed by atoms with Crippen LogP contribution >= 0.6 is 7.37 Å². The summed E-state index contributed by atoms with van der Waals surface area (Å²) in [7, 11) is -2.61. The van der Waals surface area contributed by atoms with Crippen LogP contribution in [0, 0.1) is 0 Å². The minimum atomic E-state index is -2.61. The molecule has 0 saturated carbocycles. The molecule has 1 aromatic heterocycles. The largest absolute Gasteiger partial charge is 0.467 e. The van der Waals surface area contributed by atoms with Crippen molar-refractivity contribution in [1.82, 2.24) is 9.78 Å². The zero-order chi connectivity index (χ0) is 25.3. The molecule has 2 heterocycles. The highest BCUT2D eigenvalue weighted by molar-refractivity contribution is 7.57. The summed E-state index contributed by atoms with van der Waals surface area (Å²) in [5, 5.41) is 4.89. The van der Waals surface area contributed by atoms with Gasteiger partial charge < -0.3 is 4.74 Å². The third-order valence-electron chi connectivity index (χ3n) is 6.64. The number of aromatic nitrogens is 2. The summed E-state index contributed by atoms with van der Waals surface area (Å²) >= 11 is 0. The first-order valence-corrected chi connectivity index (χ1v) is 14.9. The van der Waals surface area contributed by atoms with E-state index in [0.29, 0.717) is 17.7 Å². The first-order chi connectivity index (χ1) is 17.3. The summed E-state index contributed by atoms with van der Waals surface area (Å²) in [4.78, 5) is 13.8. The van der Waals surface area contributed by atoms with Crippen LogP contribution in [0.25, 0.3) is 22.4 Å². The van der Waals surface area contributed by atoms with Crippen molar-refractivity contribution in [2.75, 3.05) is 20.1 Å². The zero-order valence-electron chi connectivity index (χ0n) is 21.0. The van der Waals surface area contributed by atoms with Gasteiger partial charge in [0.25, 0.3) is 5.91 Å². The predicted molar refractivity (Wildman–Crippen MR) is 144 cm³/mol. The predicted octanol–water partition coefficient (Wildman–Crippen LogP) is 7.07. The van der Waals surface area contributed by atoms with Crippen LogP contribution in [-0.4, -0.2) is 35.8 Å². The Bertz CT molecular complexity index is 1400. The van der Waals surface area contributed by atoms with Crippen molar-refractivity contribution < 1.29 is 18.6 Å². The Labute approximate surface area is 212 Å². The Morgan fingerprint density at radius 2 is 1.75 bits per heavy atom. The molecule has 0 spiro atoms. The van der Waals surface area contributed by atoms with E-state index in [9.17, 15) is 9.36 Å². The molecule has 2 aromatic carbocycles. The van der Waals surface area contributed by atoms with Gasteiger partial charge in [-0.1, -0.05) is 54.1 Å². The lowest BCUT2D eigenvalue weighted by Gasteiger charge is -2.21. The first kappa shape index (κ1) is 24.5. The standard InChI is InChI=1S/C29H31N2O4P/c1-20-18-25-27(21-10-6-4-7-11-21)28(23-12-8-5-9-13-23)30-31(25)29(32)26(20)22-14-16-24(17-15-22)34-19-35-36(2,3)33/h5,8-10,12-17H,4,6-7,11,18-19H2,1-3H3. The second kappa shape index (κ2) is 10.0. The highest BCUT2D eigenvalue weighted by atomic mass is 31.2. The van der Waals surface area contributed by atoms with Crippen LogP contribution in [-0.2, 0) is 15.5 Å². The summed E-state index contributed by atoms with van der Waals surface area (Å²) in [6.45, 7) is 5.05. The van der Waals surface area contributed by atoms with Crippen molar-refractivity contribution >= 4 is 24.4 Å². The number of carbonyl (C=O) groups excluding carboxylic acids is 1. The number of carbonyl (C=O) groups is 1. The molecule has 0 radical (unpaired) electrons. The highest BCUT2D eigenvalue weighted by Gasteiger charge is 2.32. The lowest BCUT2D eigenvalue weighted by Crippen LogP contribution is -2.23. The maximum Gasteiger partial charge on any atom is 0.279 e. The Hall–Kier alpha value is -3.21. The van der Waals surface area contributed by atoms with Gasteiger partial charge in [0, 0.05) is 36.5 Å². The first-order valence-electron chi connectivity index (χ1n) is 12.4. The van der Waals surface area contributed by atoms with E-state index in [1.165, 1.54) is 12.0 Å². The minimum Gasteiger partial charge on any atom is -0.467 e. The van der Waals surface area contributed by atoms with Gasteiger partial charge in [0.2, 0.25) is 0 Å². The molecule has 1 aliphatic carbocycles. The molecule has 36 heavy (non-hydrogen) atoms. The van der Waals surface area contributed by atoms with Crippen molar-refractivity contribution in [2.45, 2.75) is 39.0 Å². The SMILES string of the molecule is CC1=C(c2ccc(OCOP(C)(C)=O)cc2)C(=O)n2nc(-c3ccccc3)c(C3=CCCCC3)c2C1. The Balaban J connectivity index is 1.48. The molecule has 0 N–H and O–H groups in total. The number of rotatable bonds is 7. The van der Waals surface area contributed by atoms with Crippen LogP contribution in [0.5, 0.6) is 5.75 Å². The van der Waals surface area contributed by atoms with E-state index in [4.69, 9.17) is 14.4 Å². The maximum atomic E-state index is 13.8. The summed E-state index contributed by atoms with van der Waals surface area (Å²) in [6, 6.07) is 17.5. The number of fused-ring (bicyclic) bond motifs is 1. The second-order valence-corrected chi connectivity index (χ2v) is 12.5. The molecule has 0 atom stereocenters. The Morgan fingerprint density at radius 3 is 2.42 bits per heavy atom. The van der Waals surface area contributed by atoms with Gasteiger partial charge in [-0.05, 0) is 55.9 Å². The van der Waals surface area contributed by atoms with E-state index >= 15 is 0 Å². The molecule has 2 aliphatic rings. The van der Waals surface area contributed by atoms with E-state index in [1.54, 1.807) is 30.1 Å². The van der Waals surface area contributed by atoms with Gasteiger partial charge in [-0.25, -0.2) is 0 Å². The van der Waals surface area contributed by atoms with Gasteiger partial charge in [-0.3, -0.25) is 13.9 Å². The number of ether oxygens (including phenoxy) is 1. The van der Waals surface area contributed by atoms with Gasteiger partial charge >= 0.3 is 0 Å². The lowest BCUT2D eigenvalue weighted by atomic mass is 9.87. The molecular weight excluding hydrogens is 471 g/mol. The van der Waals surface area contributed by atoms with Crippen LogP contribution < -0.4 is 4.74 Å². The molecule has 0 fully saturated rings. The zero-order valence-corrected chi connectivity index (χ0v) is 21.9. The third kappa shape index (κ3) is 5.02. The van der Waals surface area contributed by atoms with E-state index < -0.39 is 7.37 Å². The monoisotopic (exact) mass is 502 g/mol. The smallest absolute Gasteiger partial charge is 0.279 e. The molecule has 1 aliphatic heterocycles. The molecule has 3 aromatic rings. The number of nitrogens with zero attached hydrogens (tertiary/aromatic N) is 2. The van der Waals surface area contributed by atoms with Crippen molar-refractivity contribution in [3.63, 3.8) is 0 Å². The van der Waals surface area contributed by atoms with Crippen LogP contribution in [0.15, 0.2) is 66.2 Å². The van der Waals surface area contributed by atoms with Crippen LogP contribution in [0.4, 0.5) is 0 Å². The fraction of sp³-hybridized carbons (Fsp3) is 0.310. The number of hydrogen-bond donors (Lipinski definition) is 0. The Morgan fingerprint density at radius 1 is 1.00 bits per heavy atom. The molecule has 0 bridgehead atoms. The minimum absolute atomic E-state index is 0.0815. The summed E-state index contributed by atoms with van der Waals surface area (Å²) < 4.78 is 24.1. The van der Waals surface area contributed by atoms with E-state index in [0.717, 1.165) is 52.9 Å². The van der Waals surface area contributed by atoms with Crippen LogP contribution in [0.3, 0.4) is 0 Å². The van der Waals surface area contributed by atoms with E-state index in [1.807, 2.05) is 37.3 Å². The fourth-order valence-corrected chi connectivity index (χ4v) is 5.23. The van der Waals surface area contributed by atoms with Gasteiger partial charge in [0.15, 0.2) is 14.2 Å². The lowest BCUT2D eigenvalue weighted by molar-refractivity contribution is 0.0958. The molecule has 0 amide bonds. The average molecular weight is 503 g/mol. The molecule has 186 valence electrons. The van der Waals surface area contributed by atoms with Gasteiger partial charge in [0.1, 0.15) is 11.4 Å². The quantitative estimate of drug-likeness (QED) is 0.255. The van der Waals surface area contributed by atoms with Crippen LogP contribution in [0.1, 0.15) is 54.2 Å². The number of hydrogen-bond acceptors (Lipinski definition) is 5. The second-order valence-electron chi connectivity index (χ2n) is 9.73. The van der Waals surface area contributed by atoms with Crippen molar-refractivity contribution in [3.8, 4) is 17.0 Å². The van der Waals surface area contributed by atoms with Gasteiger partial charge in [-0.15, -0.1) is 0 Å². The van der Waals surface area contributed by atoms with Crippen molar-refractivity contribution in [2.24, 2.45) is 0 Å². The molecule has 6 nitrogen and oxygen atoms in total. The summed E-state index contributed by atoms with van der Waals surface area (Å²) in [5.41, 5.74) is 7.84. The van der Waals surface area contributed by atoms with E-state index in [-0.39, 0.29) is 12.7 Å². The topological polar surface area (TPSA) is 70.4 Å². The molecule has 5 rings (SSSR count). The molecular formula is C29H31N2O4P. The summed E-state index contributed by atoms with van der Waals surface area (Å²) in [6.07, 6.45) is 7.44. The normalized spacial score (nSPS) is 16.1. The van der Waals surface area contributed by atoms with Crippen LogP contribution in [0.2, 0.25) is 0 Å². The summed E-state index contributed by atoms with van der Waals surface area (Å²) in [5.74, 6) is 0.481. The average Bonchev–Trinajstić information content (AvgIpc) is 3.25. The number of benzene rings is 2. The fourth-order valence-electron chi connectivity index (χ4n) is 4.92. The molecule has 0 unspecified atom stereocenters. The van der Waals surface area contributed by atoms with Gasteiger partial charge in [-0.2, -0.15) is 9.78 Å². The maximum absolute atomic E-state index is 13.8. The highest BCUT2D eigenvalue weighted by Crippen LogP contribution is 2.40. The molecule has 0 saturated heterocycles. The Kier molecular flexibility index (Phi) is 6.83. The molecule has 7 heteroatoms. The van der Waals surface area contributed by atoms with Crippen molar-refractivity contribution in [3.05, 3.63) is 83.1 Å². The third-order valence-corrected chi connectivity index (χ3v) is 7.37. The number of allylic oxidation sites excluding steroid dienone is 4. The van der Waals surface area contributed by atoms with Gasteiger partial charge in [0.05, 0.1) is 5.69 Å².